The average molecular weight is 762 g/mol. The molecular weight excluding hydrogens is 677 g/mol. The number of esters is 2. The Labute approximate surface area is 320 Å². The third-order valence-electron chi connectivity index (χ3n) is 9.74. The van der Waals surface area contributed by atoms with Crippen molar-refractivity contribution >= 4 is 19.8 Å². The fourth-order valence-electron chi connectivity index (χ4n) is 6.46. The molecule has 0 rings (SSSR count). The second kappa shape index (κ2) is 39.7. The van der Waals surface area contributed by atoms with E-state index >= 15 is 0 Å². The summed E-state index contributed by atoms with van der Waals surface area (Å²) in [6.07, 6.45) is 38.4. The molecule has 0 bridgehead atoms. The van der Waals surface area contributed by atoms with Gasteiger partial charge in [-0.05, 0) is 12.8 Å². The summed E-state index contributed by atoms with van der Waals surface area (Å²) in [6, 6.07) is 0. The van der Waals surface area contributed by atoms with Crippen molar-refractivity contribution in [3.8, 4) is 0 Å². The number of unbranched alkanes of at least 4 members (excludes halogenated alkanes) is 29. The summed E-state index contributed by atoms with van der Waals surface area (Å²) in [6.45, 7) is 3.77. The predicted molar refractivity (Wildman–Crippen MR) is 215 cm³/mol. The maximum atomic E-state index is 12.6. The molecule has 0 spiro atoms. The fraction of sp³-hybridized carbons (Fsp3) is 0.952. The Hall–Kier alpha value is -0.990. The lowest BCUT2D eigenvalue weighted by molar-refractivity contribution is -0.161. The van der Waals surface area contributed by atoms with Gasteiger partial charge in [0.1, 0.15) is 6.61 Å². The number of phosphoric acid groups is 1. The Kier molecular flexibility index (Phi) is 38.9. The number of nitrogens with two attached hydrogens (primary N) is 1. The molecule has 10 heteroatoms. The van der Waals surface area contributed by atoms with Gasteiger partial charge in [-0.2, -0.15) is 0 Å². The van der Waals surface area contributed by atoms with Crippen molar-refractivity contribution < 1.29 is 37.6 Å². The van der Waals surface area contributed by atoms with E-state index in [-0.39, 0.29) is 38.6 Å². The highest BCUT2D eigenvalue weighted by Gasteiger charge is 2.26. The van der Waals surface area contributed by atoms with Gasteiger partial charge in [0.2, 0.25) is 0 Å². The molecular formula is C42H84NO8P. The van der Waals surface area contributed by atoms with Gasteiger partial charge >= 0.3 is 19.8 Å². The van der Waals surface area contributed by atoms with Gasteiger partial charge in [0.05, 0.1) is 13.2 Å². The highest BCUT2D eigenvalue weighted by atomic mass is 31.2. The maximum absolute atomic E-state index is 12.6. The minimum absolute atomic E-state index is 0.0581. The molecule has 9 nitrogen and oxygen atoms in total. The zero-order valence-corrected chi connectivity index (χ0v) is 35.0. The molecule has 3 N–H and O–H groups in total. The lowest BCUT2D eigenvalue weighted by atomic mass is 10.0. The second-order valence-electron chi connectivity index (χ2n) is 14.9. The standard InChI is InChI=1S/C42H84NO8P/c1-3-5-7-9-11-13-15-17-19-20-21-23-24-26-28-30-32-34-41(44)48-38-40(39-50-52(46,47)49-37-36-43)51-42(45)35-33-31-29-27-25-22-18-16-14-12-10-8-6-4-2/h40H,3-39,43H2,1-2H3,(H,46,47)/t40-/m1/s1. The molecule has 0 saturated heterocycles. The van der Waals surface area contributed by atoms with Gasteiger partial charge in [0.25, 0.3) is 0 Å². The van der Waals surface area contributed by atoms with E-state index in [1.807, 2.05) is 0 Å². The van der Waals surface area contributed by atoms with Crippen molar-refractivity contribution in [2.45, 2.75) is 232 Å². The van der Waals surface area contributed by atoms with E-state index in [0.29, 0.717) is 6.42 Å². The molecule has 0 amide bonds. The van der Waals surface area contributed by atoms with Crippen molar-refractivity contribution in [3.05, 3.63) is 0 Å². The number of carbonyl (C=O) groups excluding carboxylic acids is 2. The van der Waals surface area contributed by atoms with Gasteiger partial charge < -0.3 is 20.1 Å². The Bertz CT molecular complexity index is 830. The van der Waals surface area contributed by atoms with Gasteiger partial charge in [0, 0.05) is 19.4 Å². The Morgan fingerprint density at radius 2 is 0.827 bits per heavy atom. The van der Waals surface area contributed by atoms with Crippen LogP contribution in [-0.4, -0.2) is 49.3 Å². The predicted octanol–water partition coefficient (Wildman–Crippen LogP) is 12.4. The number of hydrogen-bond acceptors (Lipinski definition) is 8. The summed E-state index contributed by atoms with van der Waals surface area (Å²) in [5, 5.41) is 0. The molecule has 310 valence electrons. The second-order valence-corrected chi connectivity index (χ2v) is 16.4. The van der Waals surface area contributed by atoms with E-state index in [1.165, 1.54) is 161 Å². The number of hydrogen-bond donors (Lipinski definition) is 2. The first-order valence-electron chi connectivity index (χ1n) is 22.0. The van der Waals surface area contributed by atoms with Gasteiger partial charge in [-0.1, -0.05) is 200 Å². The third kappa shape index (κ3) is 38.7. The maximum Gasteiger partial charge on any atom is 0.472 e. The van der Waals surface area contributed by atoms with Crippen LogP contribution in [0.2, 0.25) is 0 Å². The van der Waals surface area contributed by atoms with Crippen LogP contribution < -0.4 is 5.73 Å². The van der Waals surface area contributed by atoms with E-state index in [1.54, 1.807) is 0 Å². The van der Waals surface area contributed by atoms with Crippen LogP contribution in [0.4, 0.5) is 0 Å². The summed E-state index contributed by atoms with van der Waals surface area (Å²) in [7, 11) is -4.37. The molecule has 0 heterocycles. The van der Waals surface area contributed by atoms with Crippen LogP contribution in [-0.2, 0) is 32.7 Å². The van der Waals surface area contributed by atoms with Crippen molar-refractivity contribution in [1.82, 2.24) is 0 Å². The van der Waals surface area contributed by atoms with Crippen LogP contribution in [0.15, 0.2) is 0 Å². The molecule has 0 aliphatic heterocycles. The first-order chi connectivity index (χ1) is 25.3. The number of phosphoric ester groups is 1. The third-order valence-corrected chi connectivity index (χ3v) is 10.7. The molecule has 0 aromatic rings. The highest BCUT2D eigenvalue weighted by Crippen LogP contribution is 2.43. The molecule has 0 radical (unpaired) electrons. The van der Waals surface area contributed by atoms with Crippen LogP contribution >= 0.6 is 7.82 Å². The van der Waals surface area contributed by atoms with E-state index < -0.39 is 26.5 Å². The Morgan fingerprint density at radius 3 is 1.17 bits per heavy atom. The molecule has 0 aliphatic carbocycles. The first-order valence-corrected chi connectivity index (χ1v) is 23.5. The summed E-state index contributed by atoms with van der Waals surface area (Å²) in [4.78, 5) is 34.8. The number of rotatable bonds is 42. The van der Waals surface area contributed by atoms with E-state index in [2.05, 4.69) is 13.8 Å². The van der Waals surface area contributed by atoms with E-state index in [0.717, 1.165) is 32.1 Å². The monoisotopic (exact) mass is 762 g/mol. The number of carbonyl (C=O) groups is 2. The van der Waals surface area contributed by atoms with Gasteiger partial charge in [0.15, 0.2) is 6.10 Å². The van der Waals surface area contributed by atoms with Crippen molar-refractivity contribution in [2.75, 3.05) is 26.4 Å². The van der Waals surface area contributed by atoms with Crippen LogP contribution in [0.25, 0.3) is 0 Å². The smallest absolute Gasteiger partial charge is 0.462 e. The number of ether oxygens (including phenoxy) is 2. The van der Waals surface area contributed by atoms with Crippen LogP contribution in [0.1, 0.15) is 226 Å². The first kappa shape index (κ1) is 51.0. The van der Waals surface area contributed by atoms with E-state index in [9.17, 15) is 19.0 Å². The van der Waals surface area contributed by atoms with Gasteiger partial charge in [-0.25, -0.2) is 4.57 Å². The van der Waals surface area contributed by atoms with Gasteiger partial charge in [-0.15, -0.1) is 0 Å². The molecule has 0 aromatic carbocycles. The zero-order valence-electron chi connectivity index (χ0n) is 34.1. The largest absolute Gasteiger partial charge is 0.472 e. The molecule has 0 saturated carbocycles. The molecule has 0 fully saturated rings. The van der Waals surface area contributed by atoms with Crippen molar-refractivity contribution in [1.29, 1.82) is 0 Å². The lowest BCUT2D eigenvalue weighted by Gasteiger charge is -2.19. The van der Waals surface area contributed by atoms with Crippen molar-refractivity contribution in [3.63, 3.8) is 0 Å². The van der Waals surface area contributed by atoms with Crippen LogP contribution in [0.5, 0.6) is 0 Å². The summed E-state index contributed by atoms with van der Waals surface area (Å²) in [5.41, 5.74) is 5.35. The topological polar surface area (TPSA) is 134 Å². The molecule has 0 aliphatic rings. The Morgan fingerprint density at radius 1 is 0.500 bits per heavy atom. The van der Waals surface area contributed by atoms with E-state index in [4.69, 9.17) is 24.3 Å². The summed E-state index contributed by atoms with van der Waals surface area (Å²) >= 11 is 0. The fourth-order valence-corrected chi connectivity index (χ4v) is 7.23. The SMILES string of the molecule is CCCCCCCCCCCCCCCCCCCC(=O)OC[C@H](COP(=O)(O)OCCN)OC(=O)CCCCCCCCCCCCCCCC. The molecule has 1 unspecified atom stereocenters. The minimum atomic E-state index is -4.37. The zero-order chi connectivity index (χ0) is 38.2. The highest BCUT2D eigenvalue weighted by molar-refractivity contribution is 7.47. The van der Waals surface area contributed by atoms with Crippen LogP contribution in [0, 0.1) is 0 Å². The molecule has 2 atom stereocenters. The molecule has 0 aromatic heterocycles. The lowest BCUT2D eigenvalue weighted by Crippen LogP contribution is -2.29. The van der Waals surface area contributed by atoms with Crippen molar-refractivity contribution in [2.24, 2.45) is 5.73 Å². The normalized spacial score (nSPS) is 13.2. The van der Waals surface area contributed by atoms with Gasteiger partial charge in [-0.3, -0.25) is 18.6 Å². The van der Waals surface area contributed by atoms with Crippen LogP contribution in [0.3, 0.4) is 0 Å². The Balaban J connectivity index is 4.08. The molecule has 52 heavy (non-hydrogen) atoms. The summed E-state index contributed by atoms with van der Waals surface area (Å²) < 4.78 is 32.8. The quantitative estimate of drug-likeness (QED) is 0.0354. The summed E-state index contributed by atoms with van der Waals surface area (Å²) in [5.74, 6) is -0.812. The minimum Gasteiger partial charge on any atom is -0.462 e. The average Bonchev–Trinajstić information content (AvgIpc) is 3.13.